The van der Waals surface area contributed by atoms with Crippen LogP contribution in [0, 0.1) is 0 Å². The van der Waals surface area contributed by atoms with Crippen LogP contribution in [0.15, 0.2) is 12.1 Å². The second-order valence-electron chi connectivity index (χ2n) is 4.20. The first-order valence-electron chi connectivity index (χ1n) is 6.38. The second kappa shape index (κ2) is 9.41. The first kappa shape index (κ1) is 17.5. The average molecular weight is 302 g/mol. The van der Waals surface area contributed by atoms with Crippen LogP contribution in [0.5, 0.6) is 17.2 Å². The van der Waals surface area contributed by atoms with E-state index < -0.39 is 5.92 Å². The van der Waals surface area contributed by atoms with E-state index in [9.17, 15) is 10.2 Å². The fourth-order valence-electron chi connectivity index (χ4n) is 1.82. The van der Waals surface area contributed by atoms with Crippen molar-refractivity contribution >= 4 is 0 Å². The third-order valence-corrected chi connectivity index (χ3v) is 2.83. The molecule has 0 aliphatic rings. The second-order valence-corrected chi connectivity index (χ2v) is 4.20. The minimum atomic E-state index is -0.547. The van der Waals surface area contributed by atoms with Crippen molar-refractivity contribution in [3.05, 3.63) is 17.7 Å². The van der Waals surface area contributed by atoms with Crippen molar-refractivity contribution in [3.8, 4) is 17.2 Å². The summed E-state index contributed by atoms with van der Waals surface area (Å²) in [4.78, 5) is 0. The Bertz CT molecular complexity index is 389. The number of benzene rings is 1. The predicted molar refractivity (Wildman–Crippen MR) is 74.9 cm³/mol. The summed E-state index contributed by atoms with van der Waals surface area (Å²) in [7, 11) is 4.51. The Morgan fingerprint density at radius 3 is 1.71 bits per heavy atom. The molecule has 0 saturated carbocycles. The topological polar surface area (TPSA) is 86.6 Å². The number of ether oxygens (including phenoxy) is 5. The van der Waals surface area contributed by atoms with Gasteiger partial charge in [0, 0.05) is 37.8 Å². The maximum atomic E-state index is 9.44. The van der Waals surface area contributed by atoms with Gasteiger partial charge in [0.05, 0.1) is 20.3 Å². The third kappa shape index (κ3) is 4.75. The van der Waals surface area contributed by atoms with E-state index in [2.05, 4.69) is 0 Å². The van der Waals surface area contributed by atoms with Gasteiger partial charge in [0.15, 0.2) is 13.6 Å². The van der Waals surface area contributed by atoms with Crippen LogP contribution in [-0.2, 0) is 9.47 Å². The van der Waals surface area contributed by atoms with Gasteiger partial charge in [-0.2, -0.15) is 0 Å². The fourth-order valence-corrected chi connectivity index (χ4v) is 1.82. The highest BCUT2D eigenvalue weighted by Crippen LogP contribution is 2.39. The molecule has 0 bridgehead atoms. The lowest BCUT2D eigenvalue weighted by atomic mass is 9.98. The molecule has 0 heterocycles. The van der Waals surface area contributed by atoms with Crippen LogP contribution in [0.1, 0.15) is 11.5 Å². The Morgan fingerprint density at radius 2 is 1.38 bits per heavy atom. The number of hydrogen-bond acceptors (Lipinski definition) is 7. The lowest BCUT2D eigenvalue weighted by molar-refractivity contribution is 0.0424. The Kier molecular flexibility index (Phi) is 7.84. The molecule has 0 aliphatic carbocycles. The minimum absolute atomic E-state index is 0.0213. The zero-order valence-corrected chi connectivity index (χ0v) is 12.5. The quantitative estimate of drug-likeness (QED) is 0.616. The molecule has 1 aromatic rings. The fraction of sp³-hybridized carbons (Fsp3) is 0.571. The average Bonchev–Trinajstić information content (AvgIpc) is 2.52. The zero-order chi connectivity index (χ0) is 15.7. The highest BCUT2D eigenvalue weighted by molar-refractivity contribution is 5.52. The molecule has 1 aromatic carbocycles. The molecule has 7 nitrogen and oxygen atoms in total. The molecule has 1 rings (SSSR count). The lowest BCUT2D eigenvalue weighted by Crippen LogP contribution is -2.14. The molecule has 7 heteroatoms. The number of aliphatic hydroxyl groups is 2. The minimum Gasteiger partial charge on any atom is -0.496 e. The van der Waals surface area contributed by atoms with E-state index in [1.807, 2.05) is 0 Å². The van der Waals surface area contributed by atoms with Gasteiger partial charge in [-0.25, -0.2) is 0 Å². The van der Waals surface area contributed by atoms with Crippen molar-refractivity contribution in [1.29, 1.82) is 0 Å². The van der Waals surface area contributed by atoms with Gasteiger partial charge in [-0.1, -0.05) is 0 Å². The highest BCUT2D eigenvalue weighted by Gasteiger charge is 2.22. The normalized spacial score (nSPS) is 10.8. The number of hydrogen-bond donors (Lipinski definition) is 2. The predicted octanol–water partition coefficient (Wildman–Crippen LogP) is 0.729. The standard InChI is InChI=1S/C14H22O7/c1-17-8-20-12-4-11(19-3)5-13(21-9-18-2)14(12)10(6-15)7-16/h4-5,10,15-16H,6-9H2,1-3H3. The summed E-state index contributed by atoms with van der Waals surface area (Å²) in [5, 5.41) is 18.9. The van der Waals surface area contributed by atoms with E-state index in [4.69, 9.17) is 23.7 Å². The molecule has 0 atom stereocenters. The molecular formula is C14H22O7. The van der Waals surface area contributed by atoms with E-state index >= 15 is 0 Å². The number of rotatable bonds is 10. The van der Waals surface area contributed by atoms with Crippen molar-refractivity contribution in [2.75, 3.05) is 48.1 Å². The molecule has 0 saturated heterocycles. The molecule has 0 amide bonds. The van der Waals surface area contributed by atoms with E-state index in [-0.39, 0.29) is 26.8 Å². The largest absolute Gasteiger partial charge is 0.496 e. The van der Waals surface area contributed by atoms with Crippen LogP contribution < -0.4 is 14.2 Å². The van der Waals surface area contributed by atoms with Crippen molar-refractivity contribution in [1.82, 2.24) is 0 Å². The van der Waals surface area contributed by atoms with Gasteiger partial charge in [-0.3, -0.25) is 0 Å². The van der Waals surface area contributed by atoms with Crippen molar-refractivity contribution in [2.45, 2.75) is 5.92 Å². The molecule has 0 fully saturated rings. The summed E-state index contributed by atoms with van der Waals surface area (Å²) in [5.41, 5.74) is 0.537. The summed E-state index contributed by atoms with van der Waals surface area (Å²) in [5.74, 6) is 0.797. The van der Waals surface area contributed by atoms with E-state index in [1.54, 1.807) is 12.1 Å². The Hall–Kier alpha value is -1.54. The first-order chi connectivity index (χ1) is 10.2. The summed E-state index contributed by atoms with van der Waals surface area (Å²) in [6, 6.07) is 3.29. The summed E-state index contributed by atoms with van der Waals surface area (Å²) >= 11 is 0. The van der Waals surface area contributed by atoms with Crippen molar-refractivity contribution < 1.29 is 33.9 Å². The monoisotopic (exact) mass is 302 g/mol. The van der Waals surface area contributed by atoms with E-state index in [0.29, 0.717) is 22.8 Å². The molecule has 0 aromatic heterocycles. The Labute approximate surface area is 124 Å². The van der Waals surface area contributed by atoms with E-state index in [0.717, 1.165) is 0 Å². The number of aliphatic hydroxyl groups excluding tert-OH is 2. The van der Waals surface area contributed by atoms with Crippen LogP contribution in [0.25, 0.3) is 0 Å². The molecule has 0 radical (unpaired) electrons. The van der Waals surface area contributed by atoms with Gasteiger partial charge in [0.25, 0.3) is 0 Å². The molecule has 0 unspecified atom stereocenters. The molecule has 0 spiro atoms. The van der Waals surface area contributed by atoms with Gasteiger partial charge in [-0.05, 0) is 0 Å². The third-order valence-electron chi connectivity index (χ3n) is 2.83. The Morgan fingerprint density at radius 1 is 0.905 bits per heavy atom. The zero-order valence-electron chi connectivity index (χ0n) is 12.5. The van der Waals surface area contributed by atoms with Gasteiger partial charge in [0.1, 0.15) is 17.2 Å². The highest BCUT2D eigenvalue weighted by atomic mass is 16.7. The van der Waals surface area contributed by atoms with Crippen molar-refractivity contribution in [2.24, 2.45) is 0 Å². The molecular weight excluding hydrogens is 280 g/mol. The maximum absolute atomic E-state index is 9.44. The SMILES string of the molecule is COCOc1cc(OC)cc(OCOC)c1C(CO)CO. The molecule has 120 valence electrons. The van der Waals surface area contributed by atoms with Gasteiger partial charge >= 0.3 is 0 Å². The number of methoxy groups -OCH3 is 3. The van der Waals surface area contributed by atoms with Gasteiger partial charge in [-0.15, -0.1) is 0 Å². The van der Waals surface area contributed by atoms with Crippen LogP contribution >= 0.6 is 0 Å². The molecule has 0 aliphatic heterocycles. The molecule has 21 heavy (non-hydrogen) atoms. The van der Waals surface area contributed by atoms with Crippen LogP contribution in [0.4, 0.5) is 0 Å². The first-order valence-corrected chi connectivity index (χ1v) is 6.38. The van der Waals surface area contributed by atoms with Crippen LogP contribution in [0.3, 0.4) is 0 Å². The summed E-state index contributed by atoms with van der Waals surface area (Å²) in [6.07, 6.45) is 0. The van der Waals surface area contributed by atoms with Crippen molar-refractivity contribution in [3.63, 3.8) is 0 Å². The van der Waals surface area contributed by atoms with Gasteiger partial charge < -0.3 is 33.9 Å². The van der Waals surface area contributed by atoms with Gasteiger partial charge in [0.2, 0.25) is 0 Å². The van der Waals surface area contributed by atoms with Crippen LogP contribution in [-0.4, -0.2) is 58.3 Å². The van der Waals surface area contributed by atoms with Crippen LogP contribution in [0.2, 0.25) is 0 Å². The smallest absolute Gasteiger partial charge is 0.188 e. The maximum Gasteiger partial charge on any atom is 0.188 e. The Balaban J connectivity index is 3.27. The summed E-state index contributed by atoms with van der Waals surface area (Å²) < 4.78 is 25.9. The lowest BCUT2D eigenvalue weighted by Gasteiger charge is -2.21. The summed E-state index contributed by atoms with van der Waals surface area (Å²) in [6.45, 7) is -0.466. The molecule has 2 N–H and O–H groups in total. The van der Waals surface area contributed by atoms with E-state index in [1.165, 1.54) is 21.3 Å².